The van der Waals surface area contributed by atoms with Gasteiger partial charge >= 0.3 is 0 Å². The van der Waals surface area contributed by atoms with Crippen LogP contribution >= 0.6 is 10.5 Å². The summed E-state index contributed by atoms with van der Waals surface area (Å²) in [5.41, 5.74) is 0. The van der Waals surface area contributed by atoms with E-state index in [2.05, 4.69) is 24.3 Å². The van der Waals surface area contributed by atoms with E-state index in [1.54, 1.807) is 12.1 Å². The molecule has 0 atom stereocenters. The van der Waals surface area contributed by atoms with E-state index in [-0.39, 0.29) is 16.2 Å². The molecule has 31 heavy (non-hydrogen) atoms. The van der Waals surface area contributed by atoms with Gasteiger partial charge in [0.05, 0.1) is 0 Å². The zero-order valence-corrected chi connectivity index (χ0v) is 16.5. The van der Waals surface area contributed by atoms with Crippen LogP contribution in [0.2, 0.25) is 0 Å². The van der Waals surface area contributed by atoms with Gasteiger partial charge in [-0.3, -0.25) is 0 Å². The van der Waals surface area contributed by atoms with Gasteiger partial charge in [0.2, 0.25) is 34.8 Å². The van der Waals surface area contributed by atoms with Crippen LogP contribution in [0.1, 0.15) is 0 Å². The molecule has 5 rings (SSSR count). The summed E-state index contributed by atoms with van der Waals surface area (Å²) in [6, 6.07) is 22.4. The van der Waals surface area contributed by atoms with Gasteiger partial charge in [0, 0.05) is 33.4 Å². The SMILES string of the molecule is Fc1c(F)c(F)c(Oc2ccc(-[s+]3c4ccccc4c4ccccc43)cc2)c(F)c1F. The van der Waals surface area contributed by atoms with E-state index in [4.69, 9.17) is 4.74 Å². The van der Waals surface area contributed by atoms with Crippen molar-refractivity contribution in [1.82, 2.24) is 0 Å². The summed E-state index contributed by atoms with van der Waals surface area (Å²) < 4.78 is 75.2. The lowest BCUT2D eigenvalue weighted by Crippen LogP contribution is -2.04. The molecule has 4 aromatic carbocycles. The zero-order valence-electron chi connectivity index (χ0n) is 15.6. The second-order valence-electron chi connectivity index (χ2n) is 6.77. The van der Waals surface area contributed by atoms with Crippen molar-refractivity contribution in [1.29, 1.82) is 0 Å². The smallest absolute Gasteiger partial charge is 0.207 e. The molecule has 0 unspecified atom stereocenters. The van der Waals surface area contributed by atoms with Crippen LogP contribution in [0.5, 0.6) is 11.5 Å². The van der Waals surface area contributed by atoms with E-state index in [1.807, 2.05) is 24.3 Å². The van der Waals surface area contributed by atoms with Crippen molar-refractivity contribution in [3.05, 3.63) is 102 Å². The van der Waals surface area contributed by atoms with Crippen molar-refractivity contribution >= 4 is 30.6 Å². The molecule has 0 bridgehead atoms. The van der Waals surface area contributed by atoms with E-state index in [0.717, 1.165) is 25.1 Å². The topological polar surface area (TPSA) is 9.23 Å². The zero-order chi connectivity index (χ0) is 21.7. The minimum absolute atomic E-state index is 0.0451. The van der Waals surface area contributed by atoms with Crippen molar-refractivity contribution in [2.75, 3.05) is 0 Å². The van der Waals surface area contributed by atoms with Crippen molar-refractivity contribution in [3.63, 3.8) is 0 Å². The standard InChI is InChI=1S/C24H12F5OS/c25-19-20(26)22(28)24(23(29)21(19)27)30-13-9-11-14(12-10-13)31-17-7-3-1-5-15(17)16-6-2-4-8-18(16)31/h1-12H/q+1. The fraction of sp³-hybridized carbons (Fsp3) is 0. The summed E-state index contributed by atoms with van der Waals surface area (Å²) in [6.45, 7) is 0. The highest BCUT2D eigenvalue weighted by atomic mass is 32.2. The Bertz CT molecular complexity index is 1370. The predicted octanol–water partition coefficient (Wildman–Crippen LogP) is 8.22. The quantitative estimate of drug-likeness (QED) is 0.118. The maximum absolute atomic E-state index is 13.9. The van der Waals surface area contributed by atoms with Crippen LogP contribution < -0.4 is 4.74 Å². The third kappa shape index (κ3) is 3.04. The first-order valence-electron chi connectivity index (χ1n) is 9.19. The molecule has 0 aliphatic carbocycles. The van der Waals surface area contributed by atoms with Gasteiger partial charge in [0.25, 0.3) is 0 Å². The molecule has 0 radical (unpaired) electrons. The number of rotatable bonds is 3. The molecule has 1 nitrogen and oxygen atoms in total. The van der Waals surface area contributed by atoms with E-state index in [1.165, 1.54) is 12.1 Å². The molecule has 1 aromatic heterocycles. The first-order valence-corrected chi connectivity index (χ1v) is 10.4. The Morgan fingerprint density at radius 3 is 1.48 bits per heavy atom. The molecular formula is C24H12F5OS+. The molecule has 0 aliphatic heterocycles. The molecule has 0 aliphatic rings. The van der Waals surface area contributed by atoms with Gasteiger partial charge in [-0.15, -0.1) is 0 Å². The number of ether oxygens (including phenoxy) is 1. The third-order valence-corrected chi connectivity index (χ3v) is 7.29. The Labute approximate surface area is 175 Å². The molecule has 154 valence electrons. The lowest BCUT2D eigenvalue weighted by atomic mass is 10.2. The molecule has 0 saturated heterocycles. The predicted molar refractivity (Wildman–Crippen MR) is 112 cm³/mol. The van der Waals surface area contributed by atoms with E-state index >= 15 is 0 Å². The number of halogens is 5. The van der Waals surface area contributed by atoms with Crippen LogP contribution in [0.15, 0.2) is 72.8 Å². The minimum atomic E-state index is -2.22. The van der Waals surface area contributed by atoms with Crippen LogP contribution in [0, 0.1) is 29.1 Å². The van der Waals surface area contributed by atoms with Gasteiger partial charge in [0.15, 0.2) is 14.3 Å². The normalized spacial score (nSPS) is 11.4. The number of fused-ring (bicyclic) bond motifs is 3. The summed E-state index contributed by atoms with van der Waals surface area (Å²) >= 11 is 0. The number of thiophene rings is 1. The highest BCUT2D eigenvalue weighted by Gasteiger charge is 2.28. The first kappa shape index (κ1) is 19.5. The molecular weight excluding hydrogens is 431 g/mol. The van der Waals surface area contributed by atoms with Crippen LogP contribution in [-0.2, 0) is 0 Å². The molecule has 1 heterocycles. The summed E-state index contributed by atoms with van der Waals surface area (Å²) in [5.74, 6) is -11.7. The maximum Gasteiger partial charge on any atom is 0.207 e. The van der Waals surface area contributed by atoms with Gasteiger partial charge in [-0.05, 0) is 36.4 Å². The average molecular weight is 443 g/mol. The van der Waals surface area contributed by atoms with Gasteiger partial charge in [-0.1, -0.05) is 24.3 Å². The molecule has 0 N–H and O–H groups in total. The highest BCUT2D eigenvalue weighted by molar-refractivity contribution is 7.50. The molecule has 0 amide bonds. The Balaban J connectivity index is 1.58. The molecule has 0 saturated carbocycles. The highest BCUT2D eigenvalue weighted by Crippen LogP contribution is 2.48. The van der Waals surface area contributed by atoms with Crippen LogP contribution in [0.3, 0.4) is 0 Å². The van der Waals surface area contributed by atoms with Crippen LogP contribution in [0.4, 0.5) is 22.0 Å². The number of hydrogen-bond donors (Lipinski definition) is 0. The summed E-state index contributed by atoms with van der Waals surface area (Å²) in [4.78, 5) is 0.933. The number of hydrogen-bond acceptors (Lipinski definition) is 1. The second kappa shape index (κ2) is 7.35. The molecule has 5 aromatic rings. The van der Waals surface area contributed by atoms with Gasteiger partial charge in [0.1, 0.15) is 5.75 Å². The van der Waals surface area contributed by atoms with Crippen molar-refractivity contribution in [2.45, 2.75) is 0 Å². The largest absolute Gasteiger partial charge is 0.451 e. The lowest BCUT2D eigenvalue weighted by Gasteiger charge is -2.09. The third-order valence-electron chi connectivity index (χ3n) is 4.95. The van der Waals surface area contributed by atoms with Gasteiger partial charge in [-0.25, -0.2) is 13.2 Å². The summed E-state index contributed by atoms with van der Waals surface area (Å²) in [6.07, 6.45) is 0. The summed E-state index contributed by atoms with van der Waals surface area (Å²) in [5, 5.41) is 2.28. The fourth-order valence-corrected chi connectivity index (χ4v) is 5.92. The molecule has 0 spiro atoms. The average Bonchev–Trinajstić information content (AvgIpc) is 3.14. The van der Waals surface area contributed by atoms with Gasteiger partial charge < -0.3 is 4.74 Å². The minimum Gasteiger partial charge on any atom is -0.451 e. The lowest BCUT2D eigenvalue weighted by molar-refractivity contribution is 0.332. The van der Waals surface area contributed by atoms with Crippen molar-refractivity contribution < 1.29 is 26.7 Å². The first-order chi connectivity index (χ1) is 15.0. The van der Waals surface area contributed by atoms with E-state index in [0.29, 0.717) is 0 Å². The monoisotopic (exact) mass is 443 g/mol. The Kier molecular flexibility index (Phi) is 4.63. The second-order valence-corrected chi connectivity index (χ2v) is 8.73. The van der Waals surface area contributed by atoms with Crippen molar-refractivity contribution in [2.24, 2.45) is 0 Å². The molecule has 7 heteroatoms. The van der Waals surface area contributed by atoms with Crippen LogP contribution in [-0.4, -0.2) is 0 Å². The maximum atomic E-state index is 13.9. The van der Waals surface area contributed by atoms with E-state index < -0.39 is 34.8 Å². The Morgan fingerprint density at radius 1 is 0.516 bits per heavy atom. The van der Waals surface area contributed by atoms with Crippen molar-refractivity contribution in [3.8, 4) is 16.4 Å². The Hall–Kier alpha value is -3.45. The number of benzene rings is 4. The van der Waals surface area contributed by atoms with E-state index in [9.17, 15) is 22.0 Å². The summed E-state index contributed by atoms with van der Waals surface area (Å²) in [7, 11) is -0.388. The Morgan fingerprint density at radius 2 is 0.968 bits per heavy atom. The molecule has 0 fully saturated rings. The fourth-order valence-electron chi connectivity index (χ4n) is 3.54. The van der Waals surface area contributed by atoms with Crippen LogP contribution in [0.25, 0.3) is 25.1 Å². The van der Waals surface area contributed by atoms with Gasteiger partial charge in [-0.2, -0.15) is 8.78 Å².